The van der Waals surface area contributed by atoms with Gasteiger partial charge in [0, 0.05) is 48.6 Å². The number of ketones is 1. The zero-order valence-electron chi connectivity index (χ0n) is 17.7. The number of amides is 3. The van der Waals surface area contributed by atoms with Gasteiger partial charge >= 0.3 is 0 Å². The summed E-state index contributed by atoms with van der Waals surface area (Å²) in [6.07, 6.45) is 1.37. The summed E-state index contributed by atoms with van der Waals surface area (Å²) in [4.78, 5) is 52.2. The van der Waals surface area contributed by atoms with Crippen LogP contribution in [-0.2, 0) is 20.8 Å². The van der Waals surface area contributed by atoms with Gasteiger partial charge < -0.3 is 15.1 Å². The van der Waals surface area contributed by atoms with E-state index in [0.29, 0.717) is 30.8 Å². The van der Waals surface area contributed by atoms with Crippen molar-refractivity contribution in [2.75, 3.05) is 28.2 Å². The Morgan fingerprint density at radius 1 is 1.10 bits per heavy atom. The van der Waals surface area contributed by atoms with Crippen molar-refractivity contribution < 1.29 is 19.2 Å². The fraction of sp³-hybridized carbons (Fsp3) is 0.333. The first kappa shape index (κ1) is 20.8. The van der Waals surface area contributed by atoms with Crippen molar-refractivity contribution in [3.63, 3.8) is 0 Å². The highest BCUT2D eigenvalue weighted by molar-refractivity contribution is 6.04. The van der Waals surface area contributed by atoms with Crippen LogP contribution in [0.2, 0.25) is 0 Å². The molecule has 1 unspecified atom stereocenters. The lowest BCUT2D eigenvalue weighted by Gasteiger charge is -2.20. The molecule has 1 fully saturated rings. The molecule has 7 heteroatoms. The number of hydrogen-bond donors (Lipinski definition) is 1. The third-order valence-corrected chi connectivity index (χ3v) is 5.93. The Labute approximate surface area is 181 Å². The smallest absolute Gasteiger partial charge is 0.229 e. The summed E-state index contributed by atoms with van der Waals surface area (Å²) in [5, 5.41) is 2.84. The van der Waals surface area contributed by atoms with E-state index in [1.54, 1.807) is 34.1 Å². The molecule has 3 amide bonds. The van der Waals surface area contributed by atoms with Gasteiger partial charge in [-0.1, -0.05) is 6.92 Å². The van der Waals surface area contributed by atoms with E-state index in [0.717, 1.165) is 23.4 Å². The zero-order valence-corrected chi connectivity index (χ0v) is 17.7. The third kappa shape index (κ3) is 4.08. The first-order valence-electron chi connectivity index (χ1n) is 10.5. The van der Waals surface area contributed by atoms with E-state index in [-0.39, 0.29) is 29.9 Å². The van der Waals surface area contributed by atoms with Gasteiger partial charge in [-0.25, -0.2) is 0 Å². The Hall–Kier alpha value is -3.48. The van der Waals surface area contributed by atoms with Gasteiger partial charge in [-0.05, 0) is 61.4 Å². The average molecular weight is 419 g/mol. The van der Waals surface area contributed by atoms with Crippen LogP contribution in [-0.4, -0.2) is 36.6 Å². The first-order valence-corrected chi connectivity index (χ1v) is 10.5. The minimum atomic E-state index is -0.452. The van der Waals surface area contributed by atoms with Crippen LogP contribution in [0.4, 0.5) is 17.1 Å². The van der Waals surface area contributed by atoms with E-state index in [1.165, 1.54) is 6.92 Å². The lowest BCUT2D eigenvalue weighted by molar-refractivity contribution is -0.122. The number of nitrogens with zero attached hydrogens (tertiary/aromatic N) is 2. The van der Waals surface area contributed by atoms with E-state index in [1.807, 2.05) is 25.1 Å². The Bertz CT molecular complexity index is 1060. The van der Waals surface area contributed by atoms with Crippen LogP contribution in [0.5, 0.6) is 0 Å². The Balaban J connectivity index is 1.44. The lowest BCUT2D eigenvalue weighted by atomic mass is 10.1. The molecule has 31 heavy (non-hydrogen) atoms. The molecule has 2 aromatic rings. The Morgan fingerprint density at radius 2 is 1.84 bits per heavy atom. The van der Waals surface area contributed by atoms with Crippen molar-refractivity contribution in [3.05, 3.63) is 53.6 Å². The van der Waals surface area contributed by atoms with Gasteiger partial charge in [0.2, 0.25) is 17.7 Å². The second-order valence-electron chi connectivity index (χ2n) is 7.99. The molecule has 2 aromatic carbocycles. The molecule has 2 aliphatic heterocycles. The van der Waals surface area contributed by atoms with Crippen LogP contribution in [0.15, 0.2) is 42.5 Å². The summed E-state index contributed by atoms with van der Waals surface area (Å²) < 4.78 is 0. The maximum absolute atomic E-state index is 12.7. The van der Waals surface area contributed by atoms with E-state index < -0.39 is 5.92 Å². The van der Waals surface area contributed by atoms with Crippen molar-refractivity contribution in [2.24, 2.45) is 5.92 Å². The molecule has 2 aliphatic rings. The molecular formula is C24H25N3O4. The Morgan fingerprint density at radius 3 is 2.52 bits per heavy atom. The topological polar surface area (TPSA) is 86.8 Å². The summed E-state index contributed by atoms with van der Waals surface area (Å²) in [6.45, 7) is 4.31. The molecule has 1 atom stereocenters. The number of carbonyl (C=O) groups excluding carboxylic acids is 4. The van der Waals surface area contributed by atoms with Crippen molar-refractivity contribution in [1.29, 1.82) is 0 Å². The van der Waals surface area contributed by atoms with Crippen molar-refractivity contribution in [1.82, 2.24) is 0 Å². The largest absolute Gasteiger partial charge is 0.326 e. The molecule has 0 radical (unpaired) electrons. The SMILES string of the molecule is CCC(=O)N1CCc2cc(N3CC(C(=O)Nc4ccc(C(C)=O)cc4)CC3=O)ccc21. The number of anilines is 3. The summed E-state index contributed by atoms with van der Waals surface area (Å²) in [6, 6.07) is 12.4. The molecule has 2 heterocycles. The second kappa shape index (κ2) is 8.34. The number of fused-ring (bicyclic) bond motifs is 1. The van der Waals surface area contributed by atoms with Crippen LogP contribution in [0.1, 0.15) is 42.6 Å². The predicted octanol–water partition coefficient (Wildman–Crippen LogP) is 3.18. The van der Waals surface area contributed by atoms with Gasteiger partial charge in [0.25, 0.3) is 0 Å². The Kier molecular flexibility index (Phi) is 5.59. The monoisotopic (exact) mass is 419 g/mol. The standard InChI is InChI=1S/C24H25N3O4/c1-3-22(29)26-11-10-17-12-20(8-9-21(17)26)27-14-18(13-23(27)30)24(31)25-19-6-4-16(5-7-19)15(2)28/h4-9,12,18H,3,10-11,13-14H2,1-2H3,(H,25,31). The summed E-state index contributed by atoms with van der Waals surface area (Å²) in [5.41, 5.74) is 3.89. The second-order valence-corrected chi connectivity index (χ2v) is 7.99. The third-order valence-electron chi connectivity index (χ3n) is 5.93. The molecule has 1 N–H and O–H groups in total. The number of nitrogens with one attached hydrogen (secondary N) is 1. The summed E-state index contributed by atoms with van der Waals surface area (Å²) in [5.74, 6) is -0.700. The van der Waals surface area contributed by atoms with E-state index in [9.17, 15) is 19.2 Å². The predicted molar refractivity (Wildman–Crippen MR) is 118 cm³/mol. The van der Waals surface area contributed by atoms with Crippen molar-refractivity contribution >= 4 is 40.6 Å². The molecule has 0 bridgehead atoms. The molecule has 0 aromatic heterocycles. The fourth-order valence-electron chi connectivity index (χ4n) is 4.17. The molecule has 4 rings (SSSR count). The van der Waals surface area contributed by atoms with Gasteiger partial charge in [0.15, 0.2) is 5.78 Å². The van der Waals surface area contributed by atoms with Gasteiger partial charge in [0.1, 0.15) is 0 Å². The minimum absolute atomic E-state index is 0.0357. The van der Waals surface area contributed by atoms with Gasteiger partial charge in [0.05, 0.1) is 5.92 Å². The van der Waals surface area contributed by atoms with Gasteiger partial charge in [-0.2, -0.15) is 0 Å². The van der Waals surface area contributed by atoms with Crippen LogP contribution >= 0.6 is 0 Å². The van der Waals surface area contributed by atoms with Gasteiger partial charge in [-0.15, -0.1) is 0 Å². The van der Waals surface area contributed by atoms with Crippen LogP contribution in [0.25, 0.3) is 0 Å². The molecule has 160 valence electrons. The van der Waals surface area contributed by atoms with E-state index in [4.69, 9.17) is 0 Å². The van der Waals surface area contributed by atoms with Crippen LogP contribution in [0, 0.1) is 5.92 Å². The maximum Gasteiger partial charge on any atom is 0.229 e. The normalized spacial score (nSPS) is 17.6. The summed E-state index contributed by atoms with van der Waals surface area (Å²) >= 11 is 0. The summed E-state index contributed by atoms with van der Waals surface area (Å²) in [7, 11) is 0. The average Bonchev–Trinajstić information content (AvgIpc) is 3.36. The molecule has 7 nitrogen and oxygen atoms in total. The minimum Gasteiger partial charge on any atom is -0.326 e. The number of hydrogen-bond acceptors (Lipinski definition) is 4. The molecule has 0 aliphatic carbocycles. The highest BCUT2D eigenvalue weighted by Crippen LogP contribution is 2.34. The maximum atomic E-state index is 12.7. The molecule has 0 spiro atoms. The molecule has 1 saturated heterocycles. The van der Waals surface area contributed by atoms with Crippen molar-refractivity contribution in [2.45, 2.75) is 33.1 Å². The lowest BCUT2D eigenvalue weighted by Crippen LogP contribution is -2.28. The van der Waals surface area contributed by atoms with E-state index >= 15 is 0 Å². The quantitative estimate of drug-likeness (QED) is 0.754. The first-order chi connectivity index (χ1) is 14.9. The zero-order chi connectivity index (χ0) is 22.1. The molecule has 0 saturated carbocycles. The number of Topliss-reactive ketones (excluding diaryl/α,β-unsaturated/α-hetero) is 1. The van der Waals surface area contributed by atoms with Gasteiger partial charge in [-0.3, -0.25) is 19.2 Å². The number of carbonyl (C=O) groups is 4. The number of rotatable bonds is 5. The van der Waals surface area contributed by atoms with Crippen LogP contribution in [0.3, 0.4) is 0 Å². The fourth-order valence-corrected chi connectivity index (χ4v) is 4.17. The highest BCUT2D eigenvalue weighted by atomic mass is 16.2. The number of benzene rings is 2. The van der Waals surface area contributed by atoms with E-state index in [2.05, 4.69) is 5.32 Å². The molecular weight excluding hydrogens is 394 g/mol. The highest BCUT2D eigenvalue weighted by Gasteiger charge is 2.36. The van der Waals surface area contributed by atoms with Crippen LogP contribution < -0.4 is 15.1 Å². The van der Waals surface area contributed by atoms with Crippen molar-refractivity contribution in [3.8, 4) is 0 Å².